The summed E-state index contributed by atoms with van der Waals surface area (Å²) in [4.78, 5) is 13.2. The summed E-state index contributed by atoms with van der Waals surface area (Å²) < 4.78 is 68.0. The van der Waals surface area contributed by atoms with Gasteiger partial charge in [-0.3, -0.25) is 4.79 Å². The predicted octanol–water partition coefficient (Wildman–Crippen LogP) is 8.12. The van der Waals surface area contributed by atoms with Gasteiger partial charge in [-0.25, -0.2) is 0 Å². The van der Waals surface area contributed by atoms with Crippen molar-refractivity contribution in [2.24, 2.45) is 51.2 Å². The third kappa shape index (κ3) is 3.89. The quantitative estimate of drug-likeness (QED) is 0.195. The van der Waals surface area contributed by atoms with E-state index < -0.39 is 21.0 Å². The predicted molar refractivity (Wildman–Crippen MR) is 145 cm³/mol. The molecule has 7 atom stereocenters. The molecule has 5 aliphatic rings. The van der Waals surface area contributed by atoms with E-state index in [9.17, 15) is 26.4 Å². The zero-order valence-electron chi connectivity index (χ0n) is 24.1. The number of halogens is 3. The summed E-state index contributed by atoms with van der Waals surface area (Å²) >= 11 is 0. The largest absolute Gasteiger partial charge is 0.534 e. The van der Waals surface area contributed by atoms with E-state index in [2.05, 4.69) is 34.3 Å². The lowest BCUT2D eigenvalue weighted by molar-refractivity contribution is -0.162. The van der Waals surface area contributed by atoms with Crippen molar-refractivity contribution in [3.63, 3.8) is 0 Å². The molecule has 0 aromatic carbocycles. The van der Waals surface area contributed by atoms with Crippen molar-refractivity contribution in [3.8, 4) is 0 Å². The van der Waals surface area contributed by atoms with Crippen LogP contribution in [0.2, 0.25) is 0 Å². The smallest absolute Gasteiger partial charge is 0.380 e. The number of ketones is 1. The number of fused-ring (bicyclic) bond motifs is 7. The Balaban J connectivity index is 1.51. The van der Waals surface area contributed by atoms with Crippen LogP contribution in [-0.2, 0) is 19.1 Å². The van der Waals surface area contributed by atoms with Crippen LogP contribution in [0, 0.1) is 51.2 Å². The lowest BCUT2D eigenvalue weighted by Gasteiger charge is -2.67. The van der Waals surface area contributed by atoms with E-state index in [1.165, 1.54) is 5.57 Å². The summed E-state index contributed by atoms with van der Waals surface area (Å²) in [7, 11) is -5.72. The third-order valence-electron chi connectivity index (χ3n) is 12.0. The van der Waals surface area contributed by atoms with Crippen molar-refractivity contribution in [2.45, 2.75) is 98.4 Å². The lowest BCUT2D eigenvalue weighted by atomic mass is 9.37. The van der Waals surface area contributed by atoms with Crippen molar-refractivity contribution >= 4 is 15.9 Å². The molecule has 3 saturated carbocycles. The molecular formula is C31H43F3O4S. The van der Waals surface area contributed by atoms with Gasteiger partial charge >= 0.3 is 15.6 Å². The topological polar surface area (TPSA) is 60.4 Å². The van der Waals surface area contributed by atoms with Gasteiger partial charge in [0.15, 0.2) is 5.78 Å². The first-order valence-corrected chi connectivity index (χ1v) is 15.9. The first-order chi connectivity index (χ1) is 17.9. The van der Waals surface area contributed by atoms with Crippen LogP contribution < -0.4 is 0 Å². The Hall–Kier alpha value is -1.57. The van der Waals surface area contributed by atoms with Crippen molar-refractivity contribution in [1.82, 2.24) is 0 Å². The van der Waals surface area contributed by atoms with Crippen molar-refractivity contribution in [1.29, 1.82) is 0 Å². The maximum absolute atomic E-state index is 13.2. The van der Waals surface area contributed by atoms with Crippen LogP contribution >= 0.6 is 0 Å². The summed E-state index contributed by atoms with van der Waals surface area (Å²) in [5.41, 5.74) is -4.29. The van der Waals surface area contributed by atoms with Gasteiger partial charge in [0.25, 0.3) is 0 Å². The highest BCUT2D eigenvalue weighted by Gasteiger charge is 2.66. The van der Waals surface area contributed by atoms with Gasteiger partial charge in [0.2, 0.25) is 0 Å². The molecule has 3 fully saturated rings. The molecule has 39 heavy (non-hydrogen) atoms. The molecule has 0 spiro atoms. The Bertz CT molecular complexity index is 1260. The minimum absolute atomic E-state index is 0.00239. The normalized spacial score (nSPS) is 41.8. The number of alkyl halides is 3. The summed E-state index contributed by atoms with van der Waals surface area (Å²) in [5.74, 6) is 1.52. The monoisotopic (exact) mass is 568 g/mol. The Morgan fingerprint density at radius 1 is 1.03 bits per heavy atom. The van der Waals surface area contributed by atoms with E-state index in [-0.39, 0.29) is 39.6 Å². The van der Waals surface area contributed by atoms with Gasteiger partial charge in [-0.15, -0.1) is 6.58 Å². The molecule has 0 saturated heterocycles. The second-order valence-electron chi connectivity index (χ2n) is 14.4. The van der Waals surface area contributed by atoms with Gasteiger partial charge in [-0.2, -0.15) is 21.6 Å². The number of allylic oxidation sites excluding steroid dienone is 5. The van der Waals surface area contributed by atoms with Gasteiger partial charge in [-0.05, 0) is 103 Å². The molecule has 0 amide bonds. The SMILES string of the molecule is C=CC12CCC3C(CCC4C3(C)CCC3C(C)(C)C(OS(=O)(=O)C(F)(F)F)=CCC34C)C1=C(C(C)C)C(=O)C2. The maximum atomic E-state index is 13.2. The molecule has 5 aliphatic carbocycles. The minimum atomic E-state index is -5.72. The molecule has 0 aromatic heterocycles. The molecular weight excluding hydrogens is 525 g/mol. The van der Waals surface area contributed by atoms with Crippen LogP contribution in [0.3, 0.4) is 0 Å². The summed E-state index contributed by atoms with van der Waals surface area (Å²) in [6.45, 7) is 16.8. The van der Waals surface area contributed by atoms with Crippen molar-refractivity contribution in [2.75, 3.05) is 0 Å². The molecule has 0 aromatic rings. The van der Waals surface area contributed by atoms with E-state index in [4.69, 9.17) is 4.18 Å². The van der Waals surface area contributed by atoms with Gasteiger partial charge < -0.3 is 4.18 Å². The molecule has 5 rings (SSSR count). The fraction of sp³-hybridized carbons (Fsp3) is 0.774. The van der Waals surface area contributed by atoms with Gasteiger partial charge in [0, 0.05) is 17.3 Å². The van der Waals surface area contributed by atoms with E-state index in [0.29, 0.717) is 30.6 Å². The standard InChI is InChI=1S/C31H43F3O4S/c1-8-30-16-11-20-19(26(30)25(18(2)3)21(35)17-30)9-10-23-28(20,6)14-12-22-27(4,5)24(13-15-29(22,23)7)38-39(36,37)31(32,33)34/h8,13,18-20,22-23H,1,9-12,14-17H2,2-7H3. The van der Waals surface area contributed by atoms with E-state index >= 15 is 0 Å². The van der Waals surface area contributed by atoms with Crippen LogP contribution in [0.1, 0.15) is 92.9 Å². The number of hydrogen-bond acceptors (Lipinski definition) is 4. The van der Waals surface area contributed by atoms with Crippen LogP contribution in [0.15, 0.2) is 35.6 Å². The molecule has 8 heteroatoms. The molecule has 0 aliphatic heterocycles. The zero-order chi connectivity index (χ0) is 29.0. The highest BCUT2D eigenvalue weighted by atomic mass is 32.2. The highest BCUT2D eigenvalue weighted by molar-refractivity contribution is 7.87. The van der Waals surface area contributed by atoms with E-state index in [1.54, 1.807) is 6.08 Å². The fourth-order valence-electron chi connectivity index (χ4n) is 10.5. The molecule has 0 heterocycles. The van der Waals surface area contributed by atoms with Gasteiger partial charge in [-0.1, -0.05) is 47.6 Å². The molecule has 0 bridgehead atoms. The number of rotatable bonds is 4. The van der Waals surface area contributed by atoms with E-state index in [1.807, 2.05) is 19.9 Å². The second-order valence-corrected chi connectivity index (χ2v) is 15.9. The zero-order valence-corrected chi connectivity index (χ0v) is 24.9. The van der Waals surface area contributed by atoms with E-state index in [0.717, 1.165) is 44.1 Å². The number of carbonyl (C=O) groups excluding carboxylic acids is 1. The fourth-order valence-corrected chi connectivity index (χ4v) is 11.1. The molecule has 0 N–H and O–H groups in total. The molecule has 0 radical (unpaired) electrons. The Morgan fingerprint density at radius 2 is 1.69 bits per heavy atom. The Morgan fingerprint density at radius 3 is 2.28 bits per heavy atom. The van der Waals surface area contributed by atoms with Gasteiger partial charge in [0.1, 0.15) is 5.76 Å². The van der Waals surface area contributed by atoms with Crippen LogP contribution in [0.4, 0.5) is 13.2 Å². The number of hydrogen-bond donors (Lipinski definition) is 0. The number of carbonyl (C=O) groups is 1. The van der Waals surface area contributed by atoms with Crippen molar-refractivity contribution < 1.29 is 30.6 Å². The third-order valence-corrected chi connectivity index (χ3v) is 13.0. The molecule has 4 nitrogen and oxygen atoms in total. The average Bonchev–Trinajstić information content (AvgIpc) is 3.13. The second kappa shape index (κ2) is 8.72. The molecule has 218 valence electrons. The molecule has 7 unspecified atom stereocenters. The Labute approximate surface area is 231 Å². The summed E-state index contributed by atoms with van der Waals surface area (Å²) in [6.07, 6.45) is 10.4. The average molecular weight is 569 g/mol. The van der Waals surface area contributed by atoms with Crippen molar-refractivity contribution in [3.05, 3.63) is 35.6 Å². The summed E-state index contributed by atoms with van der Waals surface area (Å²) in [5, 5.41) is 0. The highest BCUT2D eigenvalue weighted by Crippen LogP contribution is 2.73. The first-order valence-electron chi connectivity index (χ1n) is 14.5. The first kappa shape index (κ1) is 28.9. The minimum Gasteiger partial charge on any atom is -0.380 e. The van der Waals surface area contributed by atoms with Crippen LogP contribution in [-0.4, -0.2) is 19.7 Å². The Kier molecular flexibility index (Phi) is 6.47. The van der Waals surface area contributed by atoms with Crippen LogP contribution in [0.5, 0.6) is 0 Å². The maximum Gasteiger partial charge on any atom is 0.534 e. The van der Waals surface area contributed by atoms with Crippen LogP contribution in [0.25, 0.3) is 0 Å². The lowest BCUT2D eigenvalue weighted by Crippen LogP contribution is -2.60. The summed E-state index contributed by atoms with van der Waals surface area (Å²) in [6, 6.07) is 0. The number of Topliss-reactive ketones (excluding diaryl/α,β-unsaturated/α-hetero) is 1. The van der Waals surface area contributed by atoms with Gasteiger partial charge in [0.05, 0.1) is 0 Å².